The van der Waals surface area contributed by atoms with Crippen LogP contribution in [0.4, 0.5) is 0 Å². The van der Waals surface area contributed by atoms with Crippen molar-refractivity contribution >= 4 is 0 Å². The number of phenols is 1. The Kier molecular flexibility index (Phi) is 3.83. The molecule has 2 N–H and O–H groups in total. The Labute approximate surface area is 97.7 Å². The minimum absolute atomic E-state index is 0.351. The van der Waals surface area contributed by atoms with Crippen molar-refractivity contribution in [3.63, 3.8) is 0 Å². The van der Waals surface area contributed by atoms with Gasteiger partial charge in [-0.05, 0) is 62.8 Å². The van der Waals surface area contributed by atoms with E-state index in [-0.39, 0.29) is 0 Å². The predicted octanol–water partition coefficient (Wildman–Crippen LogP) is 2.71. The van der Waals surface area contributed by atoms with Crippen LogP contribution in [0.1, 0.15) is 31.7 Å². The minimum Gasteiger partial charge on any atom is -0.508 e. The van der Waals surface area contributed by atoms with Gasteiger partial charge in [-0.1, -0.05) is 12.1 Å². The van der Waals surface area contributed by atoms with Crippen LogP contribution in [0.3, 0.4) is 0 Å². The lowest BCUT2D eigenvalue weighted by Gasteiger charge is -2.12. The van der Waals surface area contributed by atoms with Gasteiger partial charge in [0.1, 0.15) is 5.75 Å². The molecule has 2 rings (SSSR count). The van der Waals surface area contributed by atoms with Crippen LogP contribution in [0.25, 0.3) is 0 Å². The molecule has 0 saturated heterocycles. The highest BCUT2D eigenvalue weighted by atomic mass is 16.3. The topological polar surface area (TPSA) is 32.3 Å². The van der Waals surface area contributed by atoms with Crippen LogP contribution in [-0.2, 0) is 6.42 Å². The van der Waals surface area contributed by atoms with Crippen molar-refractivity contribution in [2.75, 3.05) is 6.54 Å². The molecule has 1 aromatic rings. The van der Waals surface area contributed by atoms with Crippen molar-refractivity contribution in [3.8, 4) is 5.75 Å². The van der Waals surface area contributed by atoms with Gasteiger partial charge < -0.3 is 10.4 Å². The van der Waals surface area contributed by atoms with E-state index in [4.69, 9.17) is 5.11 Å². The van der Waals surface area contributed by atoms with E-state index in [0.29, 0.717) is 11.8 Å². The van der Waals surface area contributed by atoms with E-state index in [1.54, 1.807) is 12.1 Å². The van der Waals surface area contributed by atoms with E-state index in [9.17, 15) is 0 Å². The van der Waals surface area contributed by atoms with Crippen molar-refractivity contribution in [3.05, 3.63) is 29.8 Å². The average Bonchev–Trinajstić information content (AvgIpc) is 3.10. The SMILES string of the molecule is CC(NCCCc1ccc(O)cc1)C1CC1. The summed E-state index contributed by atoms with van der Waals surface area (Å²) < 4.78 is 0. The Bertz CT molecular complexity index is 316. The molecule has 0 aliphatic heterocycles. The fourth-order valence-corrected chi connectivity index (χ4v) is 2.05. The molecule has 1 saturated carbocycles. The number of benzene rings is 1. The van der Waals surface area contributed by atoms with Crippen LogP contribution in [0.5, 0.6) is 5.75 Å². The highest BCUT2D eigenvalue weighted by Crippen LogP contribution is 2.32. The normalized spacial score (nSPS) is 17.3. The van der Waals surface area contributed by atoms with Gasteiger partial charge in [-0.15, -0.1) is 0 Å². The second kappa shape index (κ2) is 5.35. The summed E-state index contributed by atoms with van der Waals surface area (Å²) in [4.78, 5) is 0. The third-order valence-corrected chi connectivity index (χ3v) is 3.37. The van der Waals surface area contributed by atoms with Gasteiger partial charge in [0, 0.05) is 6.04 Å². The summed E-state index contributed by atoms with van der Waals surface area (Å²) in [5.41, 5.74) is 1.30. The summed E-state index contributed by atoms with van der Waals surface area (Å²) >= 11 is 0. The molecule has 0 bridgehead atoms. The second-order valence-electron chi connectivity index (χ2n) is 4.85. The van der Waals surface area contributed by atoms with E-state index in [1.165, 1.54) is 24.8 Å². The van der Waals surface area contributed by atoms with Gasteiger partial charge in [0.15, 0.2) is 0 Å². The lowest BCUT2D eigenvalue weighted by Crippen LogP contribution is -2.28. The average molecular weight is 219 g/mol. The molecule has 1 aliphatic rings. The fourth-order valence-electron chi connectivity index (χ4n) is 2.05. The molecule has 0 aromatic heterocycles. The lowest BCUT2D eigenvalue weighted by atomic mass is 10.1. The number of hydrogen-bond donors (Lipinski definition) is 2. The molecule has 1 aliphatic carbocycles. The maximum absolute atomic E-state index is 9.16. The van der Waals surface area contributed by atoms with Crippen LogP contribution in [0.15, 0.2) is 24.3 Å². The van der Waals surface area contributed by atoms with Crippen molar-refractivity contribution < 1.29 is 5.11 Å². The molecule has 1 aromatic carbocycles. The van der Waals surface area contributed by atoms with Crippen LogP contribution in [0.2, 0.25) is 0 Å². The molecule has 1 atom stereocenters. The molecular weight excluding hydrogens is 198 g/mol. The van der Waals surface area contributed by atoms with Gasteiger partial charge in [0.25, 0.3) is 0 Å². The first-order chi connectivity index (χ1) is 7.75. The number of aromatic hydroxyl groups is 1. The minimum atomic E-state index is 0.351. The van der Waals surface area contributed by atoms with Crippen molar-refractivity contribution in [2.24, 2.45) is 5.92 Å². The quantitative estimate of drug-likeness (QED) is 0.721. The summed E-state index contributed by atoms with van der Waals surface area (Å²) in [6.45, 7) is 3.39. The molecular formula is C14H21NO. The van der Waals surface area contributed by atoms with Crippen LogP contribution in [0, 0.1) is 5.92 Å². The molecule has 2 nitrogen and oxygen atoms in total. The second-order valence-corrected chi connectivity index (χ2v) is 4.85. The van der Waals surface area contributed by atoms with Crippen molar-refractivity contribution in [1.82, 2.24) is 5.32 Å². The number of phenolic OH excluding ortho intramolecular Hbond substituents is 1. The standard InChI is InChI=1S/C14H21NO/c1-11(13-6-7-13)15-10-2-3-12-4-8-14(16)9-5-12/h4-5,8-9,11,13,15-16H,2-3,6-7,10H2,1H3. The number of rotatable bonds is 6. The lowest BCUT2D eigenvalue weighted by molar-refractivity contribution is 0.474. The molecule has 16 heavy (non-hydrogen) atoms. The Morgan fingerprint density at radius 1 is 1.31 bits per heavy atom. The smallest absolute Gasteiger partial charge is 0.115 e. The monoisotopic (exact) mass is 219 g/mol. The van der Waals surface area contributed by atoms with E-state index in [0.717, 1.165) is 18.9 Å². The van der Waals surface area contributed by atoms with Gasteiger partial charge in [-0.25, -0.2) is 0 Å². The van der Waals surface area contributed by atoms with E-state index in [2.05, 4.69) is 12.2 Å². The molecule has 0 heterocycles. The Morgan fingerprint density at radius 3 is 2.62 bits per heavy atom. The van der Waals surface area contributed by atoms with Gasteiger partial charge in [0.2, 0.25) is 0 Å². The highest BCUT2D eigenvalue weighted by Gasteiger charge is 2.26. The summed E-state index contributed by atoms with van der Waals surface area (Å²) in [6, 6.07) is 8.21. The first kappa shape index (κ1) is 11.5. The first-order valence-corrected chi connectivity index (χ1v) is 6.27. The number of nitrogens with one attached hydrogen (secondary N) is 1. The fraction of sp³-hybridized carbons (Fsp3) is 0.571. The highest BCUT2D eigenvalue weighted by molar-refractivity contribution is 5.25. The molecule has 0 amide bonds. The predicted molar refractivity (Wildman–Crippen MR) is 66.6 cm³/mol. The number of aryl methyl sites for hydroxylation is 1. The third-order valence-electron chi connectivity index (χ3n) is 3.37. The molecule has 1 unspecified atom stereocenters. The van der Waals surface area contributed by atoms with Gasteiger partial charge >= 0.3 is 0 Å². The summed E-state index contributed by atoms with van der Waals surface area (Å²) in [5, 5.41) is 12.7. The largest absolute Gasteiger partial charge is 0.508 e. The molecule has 0 radical (unpaired) electrons. The van der Waals surface area contributed by atoms with Gasteiger partial charge in [-0.2, -0.15) is 0 Å². The van der Waals surface area contributed by atoms with E-state index in [1.807, 2.05) is 12.1 Å². The molecule has 2 heteroatoms. The summed E-state index contributed by atoms with van der Waals surface area (Å²) in [6.07, 6.45) is 5.07. The molecule has 1 fully saturated rings. The molecule has 0 spiro atoms. The number of hydrogen-bond acceptors (Lipinski definition) is 2. The van der Waals surface area contributed by atoms with Crippen LogP contribution >= 0.6 is 0 Å². The zero-order valence-electron chi connectivity index (χ0n) is 9.95. The Balaban J connectivity index is 1.62. The van der Waals surface area contributed by atoms with Crippen molar-refractivity contribution in [1.29, 1.82) is 0 Å². The summed E-state index contributed by atoms with van der Waals surface area (Å²) in [7, 11) is 0. The van der Waals surface area contributed by atoms with E-state index < -0.39 is 0 Å². The van der Waals surface area contributed by atoms with Crippen molar-refractivity contribution in [2.45, 2.75) is 38.6 Å². The molecule has 88 valence electrons. The zero-order chi connectivity index (χ0) is 11.4. The maximum Gasteiger partial charge on any atom is 0.115 e. The Hall–Kier alpha value is -1.02. The van der Waals surface area contributed by atoms with Crippen LogP contribution in [-0.4, -0.2) is 17.7 Å². The summed E-state index contributed by atoms with van der Waals surface area (Å²) in [5.74, 6) is 1.29. The van der Waals surface area contributed by atoms with E-state index >= 15 is 0 Å². The Morgan fingerprint density at radius 2 is 2.00 bits per heavy atom. The first-order valence-electron chi connectivity index (χ1n) is 6.27. The van der Waals surface area contributed by atoms with Gasteiger partial charge in [0.05, 0.1) is 0 Å². The zero-order valence-corrected chi connectivity index (χ0v) is 9.95. The van der Waals surface area contributed by atoms with Crippen LogP contribution < -0.4 is 5.32 Å². The third kappa shape index (κ3) is 3.53. The maximum atomic E-state index is 9.16. The van der Waals surface area contributed by atoms with Gasteiger partial charge in [-0.3, -0.25) is 0 Å².